The Morgan fingerprint density at radius 1 is 0.385 bits per heavy atom. The van der Waals surface area contributed by atoms with E-state index in [-0.39, 0.29) is 63.2 Å². The standard InChI is InChI=1S/C24H10Cl8O5Te2/c25-13-14(26)18(30)22-21(17(13)29)33-38(34-22,11-7-3-1-4-8-11)37-39(12-9-5-2-6-10-12)35-23-19(31)15(27)16(28)20(32)24(23)36-39/h1-10H. The number of rotatable bonds is 4. The first-order chi connectivity index (χ1) is 18.6. The number of hydrogen-bond acceptors (Lipinski definition) is 5. The number of benzene rings is 4. The van der Waals surface area contributed by atoms with Crippen molar-refractivity contribution in [2.45, 2.75) is 0 Å². The quantitative estimate of drug-likeness (QED) is 0.116. The summed E-state index contributed by atoms with van der Waals surface area (Å²) in [5, 5.41) is 0.156. The third kappa shape index (κ3) is 4.72. The van der Waals surface area contributed by atoms with E-state index < -0.39 is 38.8 Å². The Morgan fingerprint density at radius 2 is 0.641 bits per heavy atom. The average Bonchev–Trinajstić information content (AvgIpc) is 3.55. The molecule has 2 aliphatic heterocycles. The van der Waals surface area contributed by atoms with Gasteiger partial charge < -0.3 is 0 Å². The van der Waals surface area contributed by atoms with Crippen LogP contribution in [0.2, 0.25) is 40.2 Å². The van der Waals surface area contributed by atoms with E-state index in [1.165, 1.54) is 0 Å². The van der Waals surface area contributed by atoms with Crippen molar-refractivity contribution in [3.05, 3.63) is 101 Å². The third-order valence-electron chi connectivity index (χ3n) is 5.38. The molecule has 5 nitrogen and oxygen atoms in total. The number of halogens is 8. The number of hydrogen-bond donors (Lipinski definition) is 0. The molecule has 204 valence electrons. The normalized spacial score (nSPS) is 17.6. The fourth-order valence-corrected chi connectivity index (χ4v) is 25.4. The summed E-state index contributed by atoms with van der Waals surface area (Å²) in [5.41, 5.74) is 0. The summed E-state index contributed by atoms with van der Waals surface area (Å²) in [4.78, 5) is 0. The zero-order chi connectivity index (χ0) is 27.7. The Labute approximate surface area is 273 Å². The van der Waals surface area contributed by atoms with Gasteiger partial charge in [0.2, 0.25) is 0 Å². The van der Waals surface area contributed by atoms with Crippen LogP contribution in [0, 0.1) is 0 Å². The van der Waals surface area contributed by atoms with Crippen LogP contribution in [-0.2, 0) is 1.47 Å². The summed E-state index contributed by atoms with van der Waals surface area (Å²) in [6.07, 6.45) is 0. The summed E-state index contributed by atoms with van der Waals surface area (Å²) in [6, 6.07) is 18.1. The van der Waals surface area contributed by atoms with Gasteiger partial charge >= 0.3 is 277 Å². The van der Waals surface area contributed by atoms with Crippen LogP contribution in [-0.4, -0.2) is 38.8 Å². The van der Waals surface area contributed by atoms with E-state index in [0.717, 1.165) is 0 Å². The summed E-state index contributed by atoms with van der Waals surface area (Å²) in [5.74, 6) is 0.407. The summed E-state index contributed by atoms with van der Waals surface area (Å²) in [6.45, 7) is 0. The molecule has 0 amide bonds. The first-order valence-electron chi connectivity index (χ1n) is 10.6. The molecule has 0 aliphatic carbocycles. The molecule has 0 spiro atoms. The molecule has 15 heteroatoms. The molecule has 4 aromatic carbocycles. The van der Waals surface area contributed by atoms with Crippen molar-refractivity contribution in [3.63, 3.8) is 0 Å². The minimum atomic E-state index is -4.79. The second kappa shape index (κ2) is 10.9. The van der Waals surface area contributed by atoms with Gasteiger partial charge in [-0.15, -0.1) is 0 Å². The molecule has 4 aromatic rings. The molecule has 39 heavy (non-hydrogen) atoms. The van der Waals surface area contributed by atoms with Crippen molar-refractivity contribution < 1.29 is 13.9 Å². The van der Waals surface area contributed by atoms with E-state index in [4.69, 9.17) is 107 Å². The van der Waals surface area contributed by atoms with Crippen LogP contribution < -0.4 is 19.6 Å². The van der Waals surface area contributed by atoms with Gasteiger partial charge in [0, 0.05) is 0 Å². The van der Waals surface area contributed by atoms with Gasteiger partial charge in [-0.25, -0.2) is 0 Å². The van der Waals surface area contributed by atoms with E-state index in [2.05, 4.69) is 0 Å². The molecule has 6 rings (SSSR count). The fourth-order valence-electron chi connectivity index (χ4n) is 3.57. The molecule has 2 heterocycles. The van der Waals surface area contributed by atoms with Gasteiger partial charge in [0.25, 0.3) is 0 Å². The SMILES string of the molecule is Clc1c(Cl)c(Cl)c2c(c1Cl)O[Te](O[Te]1(c3ccccc3)Oc3c(Cl)c(Cl)c(Cl)c(Cl)c3O1)(c1ccccc1)O2. The Bertz CT molecular complexity index is 1450. The van der Waals surface area contributed by atoms with E-state index in [9.17, 15) is 0 Å². The predicted octanol–water partition coefficient (Wildman–Crippen LogP) is 8.87. The van der Waals surface area contributed by atoms with Gasteiger partial charge in [0.05, 0.1) is 0 Å². The van der Waals surface area contributed by atoms with E-state index in [1.54, 1.807) is 24.3 Å². The fraction of sp³-hybridized carbons (Fsp3) is 0. The molecule has 0 fully saturated rings. The molecule has 0 saturated carbocycles. The van der Waals surface area contributed by atoms with Gasteiger partial charge in [-0.05, 0) is 0 Å². The van der Waals surface area contributed by atoms with Crippen LogP contribution in [0.1, 0.15) is 0 Å². The van der Waals surface area contributed by atoms with Crippen LogP contribution in [0.15, 0.2) is 60.7 Å². The summed E-state index contributed by atoms with van der Waals surface area (Å²) < 4.78 is 34.2. The predicted molar refractivity (Wildman–Crippen MR) is 160 cm³/mol. The first kappa shape index (κ1) is 29.0. The van der Waals surface area contributed by atoms with E-state index in [1.807, 2.05) is 36.4 Å². The molecule has 0 saturated heterocycles. The van der Waals surface area contributed by atoms with Crippen LogP contribution in [0.25, 0.3) is 0 Å². The second-order valence-electron chi connectivity index (χ2n) is 7.76. The molecule has 0 atom stereocenters. The molecule has 0 bridgehead atoms. The van der Waals surface area contributed by atoms with Gasteiger partial charge in [0.15, 0.2) is 0 Å². The van der Waals surface area contributed by atoms with E-state index >= 15 is 0 Å². The average molecular weight is 917 g/mol. The van der Waals surface area contributed by atoms with Gasteiger partial charge in [-0.3, -0.25) is 0 Å². The number of fused-ring (bicyclic) bond motifs is 2. The van der Waals surface area contributed by atoms with Crippen LogP contribution >= 0.6 is 92.8 Å². The Balaban J connectivity index is 1.56. The summed E-state index contributed by atoms with van der Waals surface area (Å²) >= 11 is 41.9. The molecule has 0 aromatic heterocycles. The maximum atomic E-state index is 6.95. The Morgan fingerprint density at radius 3 is 0.897 bits per heavy atom. The van der Waals surface area contributed by atoms with Crippen molar-refractivity contribution in [2.24, 2.45) is 0 Å². The van der Waals surface area contributed by atoms with E-state index in [0.29, 0.717) is 7.22 Å². The van der Waals surface area contributed by atoms with Crippen molar-refractivity contribution in [1.29, 1.82) is 0 Å². The third-order valence-corrected chi connectivity index (χ3v) is 26.1. The van der Waals surface area contributed by atoms with Gasteiger partial charge in [0.1, 0.15) is 0 Å². The van der Waals surface area contributed by atoms with Gasteiger partial charge in [-0.1, -0.05) is 0 Å². The molecular formula is C24H10Cl8O5Te2. The Kier molecular flexibility index (Phi) is 8.11. The maximum absolute atomic E-state index is 6.95. The first-order valence-corrected chi connectivity index (χ1v) is 21.6. The second-order valence-corrected chi connectivity index (χ2v) is 23.6. The molecule has 2 aliphatic rings. The Hall–Kier alpha value is -0.0608. The van der Waals surface area contributed by atoms with Crippen molar-refractivity contribution in [3.8, 4) is 23.0 Å². The van der Waals surface area contributed by atoms with Crippen molar-refractivity contribution >= 4 is 139 Å². The molecule has 0 unspecified atom stereocenters. The molecule has 0 N–H and O–H groups in total. The monoisotopic (exact) mass is 918 g/mol. The van der Waals surface area contributed by atoms with Crippen molar-refractivity contribution in [2.75, 3.05) is 0 Å². The zero-order valence-corrected chi connectivity index (χ0v) is 29.4. The van der Waals surface area contributed by atoms with Crippen LogP contribution in [0.3, 0.4) is 0 Å². The molecular weight excluding hydrogens is 907 g/mol. The van der Waals surface area contributed by atoms with Crippen LogP contribution in [0.4, 0.5) is 0 Å². The zero-order valence-electron chi connectivity index (χ0n) is 18.7. The summed E-state index contributed by atoms with van der Waals surface area (Å²) in [7, 11) is 0. The minimum absolute atomic E-state index is 0.0144. The van der Waals surface area contributed by atoms with Gasteiger partial charge in [-0.2, -0.15) is 0 Å². The topological polar surface area (TPSA) is 46.2 Å². The van der Waals surface area contributed by atoms with Crippen LogP contribution in [0.5, 0.6) is 23.0 Å². The van der Waals surface area contributed by atoms with Crippen molar-refractivity contribution in [1.82, 2.24) is 0 Å². The molecule has 0 radical (unpaired) electrons.